The minimum Gasteiger partial charge on any atom is -0.343 e. The Bertz CT molecular complexity index is 2120. The summed E-state index contributed by atoms with van der Waals surface area (Å²) in [5, 5.41) is 0. The minimum absolute atomic E-state index is 0.00162. The monoisotopic (exact) mass is 805 g/mol. The number of nitrogens with zero attached hydrogens (tertiary/aromatic N) is 2. The van der Waals surface area contributed by atoms with Gasteiger partial charge >= 0.3 is 24.7 Å². The highest BCUT2D eigenvalue weighted by atomic mass is 19.4. The van der Waals surface area contributed by atoms with Crippen molar-refractivity contribution in [2.24, 2.45) is 0 Å². The van der Waals surface area contributed by atoms with Gasteiger partial charge in [0.1, 0.15) is 11.5 Å². The third-order valence-electron chi connectivity index (χ3n) is 10.5. The van der Waals surface area contributed by atoms with E-state index in [1.807, 2.05) is 0 Å². The van der Waals surface area contributed by atoms with Crippen LogP contribution < -0.4 is 0 Å². The number of benzene rings is 2. The first-order chi connectivity index (χ1) is 25.8. The number of ketones is 2. The van der Waals surface area contributed by atoms with Crippen LogP contribution >= 0.6 is 0 Å². The number of carbonyl (C=O) groups is 2. The van der Waals surface area contributed by atoms with Crippen molar-refractivity contribution >= 4 is 17.3 Å². The number of hydrogen-bond acceptors (Lipinski definition) is 2. The Balaban J connectivity index is 1.68. The molecule has 4 nitrogen and oxygen atoms in total. The van der Waals surface area contributed by atoms with Gasteiger partial charge in [0.05, 0.1) is 22.3 Å². The predicted octanol–water partition coefficient (Wildman–Crippen LogP) is 11.3. The van der Waals surface area contributed by atoms with Crippen LogP contribution in [0, 0.1) is 6.92 Å². The van der Waals surface area contributed by atoms with Crippen LogP contribution in [0.4, 0.5) is 52.7 Å². The first-order valence-electron chi connectivity index (χ1n) is 17.7. The maximum atomic E-state index is 14.4. The van der Waals surface area contributed by atoms with Crippen LogP contribution in [-0.4, -0.2) is 26.4 Å². The summed E-state index contributed by atoms with van der Waals surface area (Å²) < 4.78 is 168. The van der Waals surface area contributed by atoms with Crippen LogP contribution in [0.15, 0.2) is 58.8 Å². The number of Topliss-reactive ketones (excluding diaryl/α,β-unsaturated/α-hetero) is 2. The van der Waals surface area contributed by atoms with Gasteiger partial charge in [-0.3, -0.25) is 9.59 Å². The molecule has 302 valence electrons. The van der Waals surface area contributed by atoms with E-state index in [0.29, 0.717) is 70.8 Å². The van der Waals surface area contributed by atoms with Crippen molar-refractivity contribution in [1.82, 2.24) is 4.57 Å². The van der Waals surface area contributed by atoms with E-state index in [-0.39, 0.29) is 47.5 Å². The fourth-order valence-electron chi connectivity index (χ4n) is 7.98. The smallest absolute Gasteiger partial charge is 0.343 e. The highest BCUT2D eigenvalue weighted by molar-refractivity contribution is 6.42. The number of allylic oxidation sites excluding steroid dienone is 3. The Hall–Kier alpha value is -4.63. The van der Waals surface area contributed by atoms with Crippen molar-refractivity contribution in [3.63, 3.8) is 0 Å². The molecule has 0 bridgehead atoms. The summed E-state index contributed by atoms with van der Waals surface area (Å²) >= 11 is 0. The van der Waals surface area contributed by atoms with Gasteiger partial charge in [0, 0.05) is 41.6 Å². The zero-order valence-electron chi connectivity index (χ0n) is 31.0. The summed E-state index contributed by atoms with van der Waals surface area (Å²) in [6.45, 7) is 8.98. The number of rotatable bonds is 9. The molecule has 0 atom stereocenters. The molecule has 1 aliphatic heterocycles. The molecule has 1 aliphatic carbocycles. The molecule has 0 spiro atoms. The molecule has 5 rings (SSSR count). The van der Waals surface area contributed by atoms with Crippen molar-refractivity contribution in [2.45, 2.75) is 111 Å². The lowest BCUT2D eigenvalue weighted by atomic mass is 9.71. The lowest BCUT2D eigenvalue weighted by Crippen LogP contribution is -2.43. The molecule has 2 aliphatic rings. The van der Waals surface area contributed by atoms with Gasteiger partial charge in [-0.2, -0.15) is 57.3 Å². The molecular weight excluding hydrogens is 768 g/mol. The highest BCUT2D eigenvalue weighted by Gasteiger charge is 2.54. The average molecular weight is 806 g/mol. The zero-order chi connectivity index (χ0) is 42.0. The normalized spacial score (nSPS) is 17.2. The second kappa shape index (κ2) is 14.7. The first kappa shape index (κ1) is 42.5. The third kappa shape index (κ3) is 7.59. The molecule has 1 fully saturated rings. The van der Waals surface area contributed by atoms with Gasteiger partial charge in [-0.15, -0.1) is 0 Å². The molecule has 56 heavy (non-hydrogen) atoms. The van der Waals surface area contributed by atoms with E-state index in [4.69, 9.17) is 0 Å². The van der Waals surface area contributed by atoms with Gasteiger partial charge in [0.25, 0.3) is 0 Å². The van der Waals surface area contributed by atoms with E-state index < -0.39 is 83.1 Å². The van der Waals surface area contributed by atoms with Crippen molar-refractivity contribution in [2.75, 3.05) is 0 Å². The standard InChI is InChI=1S/C40H37F12N2O2/c1-7-27-19(5)53(17-21-11-23(37(41,42)43)15-24(12-21)38(44,45)46)33(29(27)9-3)31-35(55)32(36(31)56)34-30(10-4)28(8-2)20(6)54(34)18-22-13-25(39(47,48)49)16-26(14-22)40(50,51)52/h11-16,31H,7-10,17-18H2,1-6H3/q+1. The molecule has 0 unspecified atom stereocenters. The van der Waals surface area contributed by atoms with Crippen molar-refractivity contribution in [3.05, 3.63) is 115 Å². The molecular formula is C40H37F12N2O2+. The van der Waals surface area contributed by atoms with Crippen LogP contribution in [0.1, 0.15) is 109 Å². The lowest BCUT2D eigenvalue weighted by molar-refractivity contribution is -0.488. The number of halogens is 12. The molecule has 0 amide bonds. The van der Waals surface area contributed by atoms with Gasteiger partial charge < -0.3 is 4.57 Å². The quantitative estimate of drug-likeness (QED) is 0.0711. The number of aromatic nitrogens is 1. The highest BCUT2D eigenvalue weighted by Crippen LogP contribution is 2.46. The predicted molar refractivity (Wildman–Crippen MR) is 182 cm³/mol. The van der Waals surface area contributed by atoms with Crippen LogP contribution in [0.2, 0.25) is 0 Å². The SMILES string of the molecule is CCC1=C(CC)C(C)=[N+](Cc2cc(C(F)(F)F)cc(C(F)(F)F)c2)C1=C1C(=O)C(c2c(CC)c(CC)c(C)n2Cc2cc(C(F)(F)F)cc(C(F)(F)F)c2)C1=O. The van der Waals surface area contributed by atoms with Gasteiger partial charge in [-0.1, -0.05) is 27.7 Å². The summed E-state index contributed by atoms with van der Waals surface area (Å²) in [6, 6.07) is 2.28. The fraction of sp³-hybridized carbons (Fsp3) is 0.425. The van der Waals surface area contributed by atoms with Crippen LogP contribution in [0.5, 0.6) is 0 Å². The van der Waals surface area contributed by atoms with Crippen molar-refractivity contribution in [1.29, 1.82) is 0 Å². The van der Waals surface area contributed by atoms with E-state index in [2.05, 4.69) is 0 Å². The maximum absolute atomic E-state index is 14.4. The molecule has 1 saturated carbocycles. The fourth-order valence-corrected chi connectivity index (χ4v) is 7.98. The van der Waals surface area contributed by atoms with Crippen molar-refractivity contribution < 1.29 is 66.8 Å². The van der Waals surface area contributed by atoms with E-state index in [0.717, 1.165) is 0 Å². The van der Waals surface area contributed by atoms with Gasteiger partial charge in [0.2, 0.25) is 5.70 Å². The molecule has 16 heteroatoms. The summed E-state index contributed by atoms with van der Waals surface area (Å²) in [7, 11) is 0. The number of alkyl halides is 12. The minimum atomic E-state index is -5.13. The molecule has 0 saturated heterocycles. The Morgan fingerprint density at radius 2 is 0.982 bits per heavy atom. The summed E-state index contributed by atoms with van der Waals surface area (Å²) in [5.74, 6) is -3.03. The first-order valence-corrected chi connectivity index (χ1v) is 17.7. The molecule has 0 N–H and O–H groups in total. The van der Waals surface area contributed by atoms with E-state index >= 15 is 0 Å². The Kier molecular flexibility index (Phi) is 11.2. The molecule has 1 aromatic heterocycles. The molecule has 3 aromatic rings. The number of carbonyl (C=O) groups excluding carboxylic acids is 2. The summed E-state index contributed by atoms with van der Waals surface area (Å²) in [5.41, 5.74) is -4.03. The Morgan fingerprint density at radius 1 is 0.571 bits per heavy atom. The Morgan fingerprint density at radius 3 is 1.36 bits per heavy atom. The summed E-state index contributed by atoms with van der Waals surface area (Å²) in [6.07, 6.45) is -19.4. The number of hydrogen-bond donors (Lipinski definition) is 0. The third-order valence-corrected chi connectivity index (χ3v) is 10.5. The topological polar surface area (TPSA) is 42.1 Å². The van der Waals surface area contributed by atoms with Gasteiger partial charge in [-0.25, -0.2) is 0 Å². The van der Waals surface area contributed by atoms with E-state index in [1.54, 1.807) is 41.5 Å². The van der Waals surface area contributed by atoms with Crippen LogP contribution in [-0.2, 0) is 60.2 Å². The molecule has 2 aromatic carbocycles. The van der Waals surface area contributed by atoms with Gasteiger partial charge in [-0.05, 0) is 85.7 Å². The van der Waals surface area contributed by atoms with Crippen molar-refractivity contribution in [3.8, 4) is 0 Å². The Labute approximate surface area is 314 Å². The van der Waals surface area contributed by atoms with Crippen LogP contribution in [0.3, 0.4) is 0 Å². The molecule has 0 radical (unpaired) electrons. The second-order valence-electron chi connectivity index (χ2n) is 13.8. The maximum Gasteiger partial charge on any atom is 0.416 e. The lowest BCUT2D eigenvalue weighted by Gasteiger charge is -2.29. The zero-order valence-corrected chi connectivity index (χ0v) is 31.0. The van der Waals surface area contributed by atoms with E-state index in [1.165, 1.54) is 9.14 Å². The van der Waals surface area contributed by atoms with Crippen LogP contribution in [0.25, 0.3) is 0 Å². The van der Waals surface area contributed by atoms with E-state index in [9.17, 15) is 62.3 Å². The largest absolute Gasteiger partial charge is 0.416 e. The summed E-state index contributed by atoms with van der Waals surface area (Å²) in [4.78, 5) is 28.8. The molecule has 2 heterocycles. The average Bonchev–Trinajstić information content (AvgIpc) is 3.50. The second-order valence-corrected chi connectivity index (χ2v) is 13.8. The van der Waals surface area contributed by atoms with Gasteiger partial charge in [0.15, 0.2) is 23.8 Å².